The van der Waals surface area contributed by atoms with Gasteiger partial charge in [-0.1, -0.05) is 48.6 Å². The predicted molar refractivity (Wildman–Crippen MR) is 127 cm³/mol. The van der Waals surface area contributed by atoms with E-state index in [2.05, 4.69) is 53.6 Å². The fourth-order valence-electron chi connectivity index (χ4n) is 5.38. The van der Waals surface area contributed by atoms with Gasteiger partial charge in [-0.15, -0.1) is 4.99 Å². The van der Waals surface area contributed by atoms with Gasteiger partial charge < -0.3 is 0 Å². The van der Waals surface area contributed by atoms with Crippen LogP contribution in [0.15, 0.2) is 48.6 Å². The maximum Gasteiger partial charge on any atom is 0.213 e. The third kappa shape index (κ3) is 8.64. The number of nitrogens with zero attached hydrogens (tertiary/aromatic N) is 1. The van der Waals surface area contributed by atoms with Gasteiger partial charge in [0, 0.05) is 17.8 Å². The first-order valence-electron chi connectivity index (χ1n) is 12.5. The summed E-state index contributed by atoms with van der Waals surface area (Å²) in [7, 11) is 0. The predicted octanol–water partition coefficient (Wildman–Crippen LogP) is 6.23. The van der Waals surface area contributed by atoms with Gasteiger partial charge in [-0.25, -0.2) is 4.89 Å². The molecule has 0 aromatic rings. The highest BCUT2D eigenvalue weighted by Gasteiger charge is 2.27. The summed E-state index contributed by atoms with van der Waals surface area (Å²) in [6.45, 7) is 0. The molecule has 6 heteroatoms. The fraction of sp³-hybridized carbons (Fsp3) is 0.692. The molecular weight excluding hydrogens is 404 g/mol. The minimum absolute atomic E-state index is 0.108. The van der Waals surface area contributed by atoms with Crippen molar-refractivity contribution in [3.63, 3.8) is 0 Å². The second kappa shape index (κ2) is 13.7. The summed E-state index contributed by atoms with van der Waals surface area (Å²) in [5.74, 6) is 7.49. The molecule has 0 heterocycles. The maximum absolute atomic E-state index is 10.8. The van der Waals surface area contributed by atoms with Gasteiger partial charge in [0.05, 0.1) is 6.10 Å². The van der Waals surface area contributed by atoms with Crippen molar-refractivity contribution >= 4 is 0 Å². The van der Waals surface area contributed by atoms with E-state index in [1.807, 2.05) is 0 Å². The Hall–Kier alpha value is -1.76. The smallest absolute Gasteiger partial charge is 0.213 e. The Labute approximate surface area is 192 Å². The number of hydrogen-bond acceptors (Lipinski definition) is 5. The van der Waals surface area contributed by atoms with Crippen molar-refractivity contribution in [3.8, 4) is 0 Å². The molecule has 6 nitrogen and oxygen atoms in total. The number of rotatable bonds is 9. The number of nitro groups is 1. The summed E-state index contributed by atoms with van der Waals surface area (Å²) in [6.07, 6.45) is 30.9. The van der Waals surface area contributed by atoms with Gasteiger partial charge in [0.15, 0.2) is 0 Å². The van der Waals surface area contributed by atoms with E-state index in [1.165, 1.54) is 25.7 Å². The van der Waals surface area contributed by atoms with Crippen LogP contribution in [0.3, 0.4) is 0 Å². The molecule has 0 spiro atoms. The van der Waals surface area contributed by atoms with Gasteiger partial charge in [-0.3, -0.25) is 10.1 Å². The van der Waals surface area contributed by atoms with Crippen LogP contribution in [0, 0.1) is 33.8 Å². The molecule has 3 saturated carbocycles. The van der Waals surface area contributed by atoms with Crippen molar-refractivity contribution in [2.45, 2.75) is 89.2 Å². The van der Waals surface area contributed by atoms with Crippen molar-refractivity contribution < 1.29 is 14.8 Å². The van der Waals surface area contributed by atoms with Gasteiger partial charge in [-0.2, -0.15) is 5.90 Å². The average Bonchev–Trinajstić information content (AvgIpc) is 2.82. The van der Waals surface area contributed by atoms with Crippen LogP contribution in [0.1, 0.15) is 77.0 Å². The van der Waals surface area contributed by atoms with E-state index >= 15 is 0 Å². The van der Waals surface area contributed by atoms with Crippen LogP contribution in [0.4, 0.5) is 0 Å². The Morgan fingerprint density at radius 2 is 0.969 bits per heavy atom. The molecule has 3 rings (SSSR count). The quantitative estimate of drug-likeness (QED) is 0.197. The third-order valence-electron chi connectivity index (χ3n) is 7.52. The summed E-state index contributed by atoms with van der Waals surface area (Å²) >= 11 is 0. The van der Waals surface area contributed by atoms with Crippen molar-refractivity contribution in [1.82, 2.24) is 0 Å². The summed E-state index contributed by atoms with van der Waals surface area (Å²) in [5, 5.41) is 10.8. The Bertz CT molecular complexity index is 663. The summed E-state index contributed by atoms with van der Waals surface area (Å²) < 4.78 is 0. The molecule has 0 atom stereocenters. The maximum atomic E-state index is 10.8. The highest BCUT2D eigenvalue weighted by Crippen LogP contribution is 2.31. The molecule has 0 aliphatic heterocycles. The summed E-state index contributed by atoms with van der Waals surface area (Å²) in [5.41, 5.74) is 0. The molecule has 0 amide bonds. The lowest BCUT2D eigenvalue weighted by Crippen LogP contribution is -2.25. The molecule has 0 saturated heterocycles. The molecule has 32 heavy (non-hydrogen) atoms. The van der Waals surface area contributed by atoms with Crippen LogP contribution in [-0.2, 0) is 9.88 Å². The second-order valence-corrected chi connectivity index (χ2v) is 9.80. The zero-order valence-electron chi connectivity index (χ0n) is 19.2. The molecule has 178 valence electrons. The molecule has 3 aliphatic carbocycles. The normalized spacial score (nSPS) is 34.8. The molecular formula is C26H40N2O4. The summed E-state index contributed by atoms with van der Waals surface area (Å²) in [4.78, 5) is 20.1. The van der Waals surface area contributed by atoms with Gasteiger partial charge in [0.2, 0.25) is 6.04 Å². The van der Waals surface area contributed by atoms with E-state index in [9.17, 15) is 10.1 Å². The Morgan fingerprint density at radius 3 is 1.31 bits per heavy atom. The molecule has 0 bridgehead atoms. The fourth-order valence-corrected chi connectivity index (χ4v) is 5.38. The molecule has 0 aromatic carbocycles. The standard InChI is InChI=1S/C26H40N2O4/c27-32-31-26-19-15-24(16-20-26)8-4-2-6-22-11-9-21(10-12-22)5-1-3-7-23-13-17-25(18-14-23)28(29)30/h1-8,21-26H,9-20,27H2/b5-1+,6-2+,7-3+,8-4+. The summed E-state index contributed by atoms with van der Waals surface area (Å²) in [6, 6.07) is -0.318. The third-order valence-corrected chi connectivity index (χ3v) is 7.52. The SMILES string of the molecule is NOOC1CCC(/C=C/C=C/C2CCC(/C=C/C=C/C3CCC([N+](=O)[O-])CC3)CC2)CC1. The average molecular weight is 445 g/mol. The number of hydrogen-bond donors (Lipinski definition) is 1. The van der Waals surface area contributed by atoms with E-state index in [-0.39, 0.29) is 17.1 Å². The molecule has 0 unspecified atom stereocenters. The van der Waals surface area contributed by atoms with E-state index in [1.54, 1.807) is 0 Å². The van der Waals surface area contributed by atoms with Crippen molar-refractivity contribution in [3.05, 3.63) is 58.7 Å². The van der Waals surface area contributed by atoms with Gasteiger partial charge >= 0.3 is 0 Å². The van der Waals surface area contributed by atoms with Crippen LogP contribution in [-0.4, -0.2) is 17.1 Å². The van der Waals surface area contributed by atoms with Crippen LogP contribution in [0.5, 0.6) is 0 Å². The van der Waals surface area contributed by atoms with Crippen molar-refractivity contribution in [2.24, 2.45) is 29.6 Å². The molecule has 2 N–H and O–H groups in total. The Balaban J connectivity index is 1.28. The second-order valence-electron chi connectivity index (χ2n) is 9.80. The minimum Gasteiger partial charge on any atom is -0.264 e. The highest BCUT2D eigenvalue weighted by molar-refractivity contribution is 5.09. The van der Waals surface area contributed by atoms with E-state index in [0.29, 0.717) is 23.7 Å². The zero-order valence-corrected chi connectivity index (χ0v) is 19.2. The minimum atomic E-state index is -0.318. The Kier molecular flexibility index (Phi) is 10.7. The molecule has 0 radical (unpaired) electrons. The van der Waals surface area contributed by atoms with Crippen molar-refractivity contribution in [2.75, 3.05) is 0 Å². The van der Waals surface area contributed by atoms with E-state index < -0.39 is 0 Å². The zero-order chi connectivity index (χ0) is 22.6. The van der Waals surface area contributed by atoms with Crippen LogP contribution < -0.4 is 5.90 Å². The van der Waals surface area contributed by atoms with Crippen LogP contribution in [0.25, 0.3) is 0 Å². The molecule has 3 fully saturated rings. The lowest BCUT2D eigenvalue weighted by atomic mass is 9.81. The lowest BCUT2D eigenvalue weighted by molar-refractivity contribution is -0.526. The van der Waals surface area contributed by atoms with Gasteiger partial charge in [0.25, 0.3) is 0 Å². The first kappa shape index (κ1) is 24.9. The molecule has 3 aliphatic rings. The highest BCUT2D eigenvalue weighted by atomic mass is 17.3. The largest absolute Gasteiger partial charge is 0.264 e. The van der Waals surface area contributed by atoms with Gasteiger partial charge in [0.1, 0.15) is 0 Å². The van der Waals surface area contributed by atoms with Gasteiger partial charge in [-0.05, 0) is 87.9 Å². The monoisotopic (exact) mass is 444 g/mol. The number of allylic oxidation sites excluding steroid dienone is 8. The van der Waals surface area contributed by atoms with E-state index in [0.717, 1.165) is 51.4 Å². The van der Waals surface area contributed by atoms with Crippen LogP contribution in [0.2, 0.25) is 0 Å². The topological polar surface area (TPSA) is 87.6 Å². The van der Waals surface area contributed by atoms with Crippen molar-refractivity contribution in [1.29, 1.82) is 0 Å². The number of nitrogens with two attached hydrogens (primary N) is 1. The Morgan fingerprint density at radius 1 is 0.625 bits per heavy atom. The van der Waals surface area contributed by atoms with Crippen LogP contribution >= 0.6 is 0 Å². The lowest BCUT2D eigenvalue weighted by Gasteiger charge is -2.25. The molecule has 0 aromatic heterocycles. The first-order valence-corrected chi connectivity index (χ1v) is 12.5. The van der Waals surface area contributed by atoms with E-state index in [4.69, 9.17) is 10.8 Å². The first-order chi connectivity index (χ1) is 15.6.